The van der Waals surface area contributed by atoms with Gasteiger partial charge in [-0.1, -0.05) is 43.1 Å². The van der Waals surface area contributed by atoms with Crippen LogP contribution in [0.15, 0.2) is 18.2 Å². The number of nitrogens with zero attached hydrogens (tertiary/aromatic N) is 1. The predicted octanol–water partition coefficient (Wildman–Crippen LogP) is 3.68. The van der Waals surface area contributed by atoms with Gasteiger partial charge in [-0.15, -0.1) is 0 Å². The summed E-state index contributed by atoms with van der Waals surface area (Å²) in [5.74, 6) is 0.624. The number of rotatable bonds is 2. The number of carbonyl (C=O) groups is 1. The quantitative estimate of drug-likeness (QED) is 0.892. The first-order valence-corrected chi connectivity index (χ1v) is 8.54. The van der Waals surface area contributed by atoms with Gasteiger partial charge in [0.25, 0.3) is 0 Å². The Morgan fingerprint density at radius 1 is 1.32 bits per heavy atom. The van der Waals surface area contributed by atoms with Gasteiger partial charge < -0.3 is 10.6 Å². The second kappa shape index (κ2) is 5.70. The van der Waals surface area contributed by atoms with Gasteiger partial charge in [0.15, 0.2) is 0 Å². The van der Waals surface area contributed by atoms with Crippen LogP contribution in [-0.4, -0.2) is 29.9 Å². The van der Waals surface area contributed by atoms with E-state index in [0.29, 0.717) is 10.0 Å². The largest absolute Gasteiger partial charge is 0.342 e. The van der Waals surface area contributed by atoms with E-state index in [-0.39, 0.29) is 29.2 Å². The van der Waals surface area contributed by atoms with E-state index in [0.717, 1.165) is 31.5 Å². The molecule has 0 spiro atoms. The average Bonchev–Trinajstić information content (AvgIpc) is 3.24. The van der Waals surface area contributed by atoms with Crippen LogP contribution in [0.25, 0.3) is 0 Å². The van der Waals surface area contributed by atoms with E-state index in [1.807, 2.05) is 23.1 Å². The van der Waals surface area contributed by atoms with Gasteiger partial charge in [-0.2, -0.15) is 0 Å². The van der Waals surface area contributed by atoms with Crippen LogP contribution in [0.2, 0.25) is 10.0 Å². The van der Waals surface area contributed by atoms with Crippen LogP contribution in [0.3, 0.4) is 0 Å². The van der Waals surface area contributed by atoms with Crippen LogP contribution in [-0.2, 0) is 4.79 Å². The van der Waals surface area contributed by atoms with Crippen LogP contribution < -0.4 is 5.73 Å². The van der Waals surface area contributed by atoms with E-state index in [1.54, 1.807) is 0 Å². The second-order valence-electron chi connectivity index (χ2n) is 7.27. The molecule has 1 aliphatic heterocycles. The highest BCUT2D eigenvalue weighted by atomic mass is 35.5. The summed E-state index contributed by atoms with van der Waals surface area (Å²) in [7, 11) is 0. The van der Waals surface area contributed by atoms with E-state index in [2.05, 4.69) is 13.8 Å². The summed E-state index contributed by atoms with van der Waals surface area (Å²) < 4.78 is 0. The third kappa shape index (κ3) is 2.99. The van der Waals surface area contributed by atoms with Crippen LogP contribution in [0, 0.1) is 11.3 Å². The molecule has 1 aromatic rings. The lowest BCUT2D eigenvalue weighted by Gasteiger charge is -2.42. The van der Waals surface area contributed by atoms with Crippen molar-refractivity contribution in [1.82, 2.24) is 4.90 Å². The van der Waals surface area contributed by atoms with Gasteiger partial charge in [-0.3, -0.25) is 4.79 Å². The van der Waals surface area contributed by atoms with E-state index < -0.39 is 0 Å². The lowest BCUT2D eigenvalue weighted by molar-refractivity contribution is -0.136. The van der Waals surface area contributed by atoms with Gasteiger partial charge in [-0.25, -0.2) is 0 Å². The highest BCUT2D eigenvalue weighted by molar-refractivity contribution is 6.42. The molecule has 1 aliphatic carbocycles. The summed E-state index contributed by atoms with van der Waals surface area (Å²) in [5.41, 5.74) is 7.25. The fourth-order valence-electron chi connectivity index (χ4n) is 3.38. The number of amides is 1. The number of piperidine rings is 1. The molecule has 1 saturated carbocycles. The molecule has 3 unspecified atom stereocenters. The Balaban J connectivity index is 1.67. The average molecular weight is 341 g/mol. The lowest BCUT2D eigenvalue weighted by atomic mass is 9.79. The third-order valence-corrected chi connectivity index (χ3v) is 5.84. The molecule has 1 amide bonds. The van der Waals surface area contributed by atoms with Crippen molar-refractivity contribution in [1.29, 1.82) is 0 Å². The van der Waals surface area contributed by atoms with Crippen molar-refractivity contribution in [3.8, 4) is 0 Å². The smallest absolute Gasteiger partial charge is 0.226 e. The maximum absolute atomic E-state index is 12.7. The number of halogens is 2. The molecule has 0 bridgehead atoms. The molecule has 1 aromatic carbocycles. The summed E-state index contributed by atoms with van der Waals surface area (Å²) in [6.07, 6.45) is 1.78. The molecule has 3 atom stereocenters. The summed E-state index contributed by atoms with van der Waals surface area (Å²) in [4.78, 5) is 14.7. The first-order valence-electron chi connectivity index (χ1n) is 7.79. The van der Waals surface area contributed by atoms with E-state index in [4.69, 9.17) is 28.9 Å². The highest BCUT2D eigenvalue weighted by Crippen LogP contribution is 2.50. The number of hydrogen-bond donors (Lipinski definition) is 1. The van der Waals surface area contributed by atoms with Crippen molar-refractivity contribution in [2.75, 3.05) is 13.1 Å². The zero-order valence-electron chi connectivity index (χ0n) is 13.0. The molecule has 3 nitrogen and oxygen atoms in total. The molecule has 2 aliphatic rings. The number of nitrogens with two attached hydrogens (primary N) is 1. The Bertz CT molecular complexity index is 602. The molecule has 0 aromatic heterocycles. The Morgan fingerprint density at radius 3 is 2.68 bits per heavy atom. The summed E-state index contributed by atoms with van der Waals surface area (Å²) in [6.45, 7) is 5.80. The molecule has 22 heavy (non-hydrogen) atoms. The molecule has 120 valence electrons. The molecule has 2 fully saturated rings. The normalized spacial score (nSPS) is 30.2. The third-order valence-electron chi connectivity index (χ3n) is 5.10. The minimum atomic E-state index is -0.0120. The van der Waals surface area contributed by atoms with Crippen molar-refractivity contribution in [3.63, 3.8) is 0 Å². The Hall–Kier alpha value is -0.770. The van der Waals surface area contributed by atoms with Crippen molar-refractivity contribution >= 4 is 29.1 Å². The molecule has 0 radical (unpaired) electrons. The topological polar surface area (TPSA) is 46.3 Å². The van der Waals surface area contributed by atoms with E-state index in [9.17, 15) is 4.79 Å². The summed E-state index contributed by atoms with van der Waals surface area (Å²) in [6, 6.07) is 5.84. The van der Waals surface area contributed by atoms with Crippen molar-refractivity contribution in [2.45, 2.75) is 38.6 Å². The molecule has 3 rings (SSSR count). The number of benzene rings is 1. The standard InChI is InChI=1S/C17H22Cl2N2O/c1-17(2)9-21(6-5-15(17)20)16(22)12-8-11(12)10-3-4-13(18)14(19)7-10/h3-4,7,11-12,15H,5-6,8-9,20H2,1-2H3. The molecule has 1 saturated heterocycles. The van der Waals surface area contributed by atoms with Gasteiger partial charge >= 0.3 is 0 Å². The first-order chi connectivity index (χ1) is 10.3. The zero-order valence-corrected chi connectivity index (χ0v) is 14.5. The maximum atomic E-state index is 12.7. The molecule has 2 N–H and O–H groups in total. The Morgan fingerprint density at radius 2 is 2.05 bits per heavy atom. The maximum Gasteiger partial charge on any atom is 0.226 e. The highest BCUT2D eigenvalue weighted by Gasteiger charge is 2.47. The van der Waals surface area contributed by atoms with Gasteiger partial charge in [0.05, 0.1) is 10.0 Å². The van der Waals surface area contributed by atoms with Gasteiger partial charge in [0, 0.05) is 25.0 Å². The van der Waals surface area contributed by atoms with Crippen LogP contribution >= 0.6 is 23.2 Å². The number of hydrogen-bond acceptors (Lipinski definition) is 2. The Labute approximate surface area is 141 Å². The SMILES string of the molecule is CC1(C)CN(C(=O)C2CC2c2ccc(Cl)c(Cl)c2)CCC1N. The van der Waals surface area contributed by atoms with Crippen LogP contribution in [0.4, 0.5) is 0 Å². The second-order valence-corrected chi connectivity index (χ2v) is 8.08. The van der Waals surface area contributed by atoms with Crippen LogP contribution in [0.5, 0.6) is 0 Å². The van der Waals surface area contributed by atoms with Gasteiger partial charge in [-0.05, 0) is 41.9 Å². The minimum absolute atomic E-state index is 0.0120. The molecular weight excluding hydrogens is 319 g/mol. The summed E-state index contributed by atoms with van der Waals surface area (Å²) >= 11 is 12.0. The van der Waals surface area contributed by atoms with Crippen LogP contribution in [0.1, 0.15) is 38.2 Å². The molecule has 1 heterocycles. The minimum Gasteiger partial charge on any atom is -0.342 e. The fourth-order valence-corrected chi connectivity index (χ4v) is 3.68. The number of carbonyl (C=O) groups excluding carboxylic acids is 1. The predicted molar refractivity (Wildman–Crippen MR) is 90.3 cm³/mol. The van der Waals surface area contributed by atoms with E-state index >= 15 is 0 Å². The molecule has 5 heteroatoms. The molecular formula is C17H22Cl2N2O. The van der Waals surface area contributed by atoms with Gasteiger partial charge in [0.1, 0.15) is 0 Å². The zero-order chi connectivity index (χ0) is 16.1. The van der Waals surface area contributed by atoms with Gasteiger partial charge in [0.2, 0.25) is 5.91 Å². The van der Waals surface area contributed by atoms with Crippen molar-refractivity contribution < 1.29 is 4.79 Å². The van der Waals surface area contributed by atoms with Crippen molar-refractivity contribution in [3.05, 3.63) is 33.8 Å². The summed E-state index contributed by atoms with van der Waals surface area (Å²) in [5, 5.41) is 1.11. The fraction of sp³-hybridized carbons (Fsp3) is 0.588. The lowest BCUT2D eigenvalue weighted by Crippen LogP contribution is -2.54. The monoisotopic (exact) mass is 340 g/mol. The first kappa shape index (κ1) is 16.1. The van der Waals surface area contributed by atoms with Crippen molar-refractivity contribution in [2.24, 2.45) is 17.1 Å². The van der Waals surface area contributed by atoms with E-state index in [1.165, 1.54) is 0 Å². The Kier molecular flexibility index (Phi) is 4.17. The number of likely N-dealkylation sites (tertiary alicyclic amines) is 1.